The lowest BCUT2D eigenvalue weighted by atomic mass is 10.1. The number of benzene rings is 1. The van der Waals surface area contributed by atoms with E-state index in [-0.39, 0.29) is 16.3 Å². The molecule has 0 saturated carbocycles. The number of aromatic amines is 1. The molecule has 2 aromatic rings. The highest BCUT2D eigenvalue weighted by Gasteiger charge is 2.16. The summed E-state index contributed by atoms with van der Waals surface area (Å²) in [7, 11) is 0. The van der Waals surface area contributed by atoms with E-state index >= 15 is 0 Å². The molecule has 17 heavy (non-hydrogen) atoms. The molecule has 0 aliphatic rings. The lowest BCUT2D eigenvalue weighted by Crippen LogP contribution is -2.06. The number of halogens is 1. The third-order valence-corrected chi connectivity index (χ3v) is 2.35. The molecule has 1 aromatic carbocycles. The van der Waals surface area contributed by atoms with Crippen LogP contribution in [0.15, 0.2) is 35.1 Å². The molecule has 2 rings (SSSR count). The fraction of sp³-hybridized carbons (Fsp3) is 0. The van der Waals surface area contributed by atoms with Crippen LogP contribution < -0.4 is 5.56 Å². The first-order valence-corrected chi connectivity index (χ1v) is 4.96. The van der Waals surface area contributed by atoms with Crippen LogP contribution in [0.4, 0.5) is 5.69 Å². The van der Waals surface area contributed by atoms with Crippen molar-refractivity contribution in [3.63, 3.8) is 0 Å². The molecular formula is C10H6ClN3O3. The minimum atomic E-state index is -0.548. The molecule has 0 radical (unpaired) electrons. The van der Waals surface area contributed by atoms with Gasteiger partial charge in [-0.15, -0.1) is 0 Å². The van der Waals surface area contributed by atoms with Crippen LogP contribution in [0.3, 0.4) is 0 Å². The van der Waals surface area contributed by atoms with Gasteiger partial charge >= 0.3 is 0 Å². The summed E-state index contributed by atoms with van der Waals surface area (Å²) >= 11 is 5.69. The lowest BCUT2D eigenvalue weighted by molar-refractivity contribution is -0.384. The van der Waals surface area contributed by atoms with Crippen molar-refractivity contribution in [2.45, 2.75) is 0 Å². The monoisotopic (exact) mass is 251 g/mol. The first-order chi connectivity index (χ1) is 8.08. The number of nitrogens with zero attached hydrogens (tertiary/aromatic N) is 2. The van der Waals surface area contributed by atoms with Crippen molar-refractivity contribution in [2.24, 2.45) is 0 Å². The summed E-state index contributed by atoms with van der Waals surface area (Å²) < 4.78 is 0. The molecular weight excluding hydrogens is 246 g/mol. The van der Waals surface area contributed by atoms with Crippen molar-refractivity contribution in [2.75, 3.05) is 0 Å². The number of aromatic nitrogens is 2. The van der Waals surface area contributed by atoms with E-state index in [1.165, 1.54) is 30.3 Å². The Morgan fingerprint density at radius 2 is 2.06 bits per heavy atom. The number of nitro groups is 1. The summed E-state index contributed by atoms with van der Waals surface area (Å²) in [4.78, 5) is 21.2. The second-order valence-corrected chi connectivity index (χ2v) is 3.66. The second kappa shape index (κ2) is 4.34. The molecule has 0 amide bonds. The van der Waals surface area contributed by atoms with Crippen molar-refractivity contribution in [3.05, 3.63) is 55.8 Å². The van der Waals surface area contributed by atoms with Crippen LogP contribution in [0.1, 0.15) is 0 Å². The van der Waals surface area contributed by atoms with Gasteiger partial charge < -0.3 is 0 Å². The van der Waals surface area contributed by atoms with Gasteiger partial charge in [0.15, 0.2) is 0 Å². The van der Waals surface area contributed by atoms with Crippen molar-refractivity contribution >= 4 is 17.3 Å². The highest BCUT2D eigenvalue weighted by atomic mass is 35.5. The van der Waals surface area contributed by atoms with Gasteiger partial charge in [-0.2, -0.15) is 5.10 Å². The fourth-order valence-corrected chi connectivity index (χ4v) is 1.53. The van der Waals surface area contributed by atoms with Crippen LogP contribution in [0.5, 0.6) is 0 Å². The molecule has 0 aliphatic heterocycles. The molecule has 0 bridgehead atoms. The van der Waals surface area contributed by atoms with Gasteiger partial charge in [0.05, 0.1) is 16.2 Å². The van der Waals surface area contributed by atoms with Gasteiger partial charge in [-0.3, -0.25) is 14.9 Å². The normalized spacial score (nSPS) is 10.2. The molecule has 1 aromatic heterocycles. The number of hydrogen-bond donors (Lipinski definition) is 1. The highest BCUT2D eigenvalue weighted by Crippen LogP contribution is 2.30. The van der Waals surface area contributed by atoms with Crippen molar-refractivity contribution < 1.29 is 4.92 Å². The Kier molecular flexibility index (Phi) is 2.88. The van der Waals surface area contributed by atoms with E-state index in [0.717, 1.165) is 0 Å². The summed E-state index contributed by atoms with van der Waals surface area (Å²) in [6.07, 6.45) is 0. The smallest absolute Gasteiger partial charge is 0.268 e. The Morgan fingerprint density at radius 1 is 1.29 bits per heavy atom. The first kappa shape index (κ1) is 11.3. The van der Waals surface area contributed by atoms with Gasteiger partial charge in [-0.1, -0.05) is 11.6 Å². The SMILES string of the molecule is O=c1ccc(-c2ccc(Cl)cc2[N+](=O)[O-])n[nH]1. The third kappa shape index (κ3) is 2.31. The van der Waals surface area contributed by atoms with Gasteiger partial charge in [-0.05, 0) is 18.2 Å². The van der Waals surface area contributed by atoms with Crippen LogP contribution in [-0.2, 0) is 0 Å². The topological polar surface area (TPSA) is 88.9 Å². The largest absolute Gasteiger partial charge is 0.280 e. The number of nitro benzene ring substituents is 1. The van der Waals surface area contributed by atoms with Crippen LogP contribution in [0.2, 0.25) is 5.02 Å². The molecule has 1 N–H and O–H groups in total. The summed E-state index contributed by atoms with van der Waals surface area (Å²) in [5.74, 6) is 0. The Morgan fingerprint density at radius 3 is 2.65 bits per heavy atom. The van der Waals surface area contributed by atoms with E-state index in [9.17, 15) is 14.9 Å². The van der Waals surface area contributed by atoms with Crippen LogP contribution in [-0.4, -0.2) is 15.1 Å². The van der Waals surface area contributed by atoms with Gasteiger partial charge in [0.1, 0.15) is 0 Å². The third-order valence-electron chi connectivity index (χ3n) is 2.11. The average Bonchev–Trinajstić information content (AvgIpc) is 2.30. The molecule has 0 saturated heterocycles. The molecule has 86 valence electrons. The van der Waals surface area contributed by atoms with E-state index < -0.39 is 4.92 Å². The fourth-order valence-electron chi connectivity index (χ4n) is 1.37. The number of rotatable bonds is 2. The molecule has 0 unspecified atom stereocenters. The molecule has 7 heteroatoms. The van der Waals surface area contributed by atoms with E-state index in [0.29, 0.717) is 11.3 Å². The standard InChI is InChI=1S/C10H6ClN3O3/c11-6-1-2-7(9(5-6)14(16)17)8-3-4-10(15)13-12-8/h1-5H,(H,13,15). The minimum Gasteiger partial charge on any atom is -0.268 e. The van der Waals surface area contributed by atoms with Gasteiger partial charge in [-0.25, -0.2) is 5.10 Å². The Hall–Kier alpha value is -2.21. The summed E-state index contributed by atoms with van der Waals surface area (Å²) in [6, 6.07) is 6.91. The predicted molar refractivity (Wildman–Crippen MR) is 62.0 cm³/mol. The number of nitrogens with one attached hydrogen (secondary N) is 1. The molecule has 1 heterocycles. The van der Waals surface area contributed by atoms with E-state index in [1.807, 2.05) is 0 Å². The zero-order chi connectivity index (χ0) is 12.4. The predicted octanol–water partition coefficient (Wildman–Crippen LogP) is 2.00. The Balaban J connectivity index is 2.62. The molecule has 0 spiro atoms. The maximum absolute atomic E-state index is 10.9. The summed E-state index contributed by atoms with van der Waals surface area (Å²) in [6.45, 7) is 0. The average molecular weight is 252 g/mol. The first-order valence-electron chi connectivity index (χ1n) is 4.58. The quantitative estimate of drug-likeness (QED) is 0.653. The Labute approximate surface area is 100 Å². The minimum absolute atomic E-state index is 0.156. The summed E-state index contributed by atoms with van der Waals surface area (Å²) in [5, 5.41) is 17.1. The maximum Gasteiger partial charge on any atom is 0.280 e. The number of H-pyrrole nitrogens is 1. The highest BCUT2D eigenvalue weighted by molar-refractivity contribution is 6.30. The van der Waals surface area contributed by atoms with Crippen LogP contribution >= 0.6 is 11.6 Å². The molecule has 0 aliphatic carbocycles. The van der Waals surface area contributed by atoms with Gasteiger partial charge in [0.2, 0.25) is 0 Å². The van der Waals surface area contributed by atoms with Crippen LogP contribution in [0, 0.1) is 10.1 Å². The van der Waals surface area contributed by atoms with E-state index in [4.69, 9.17) is 11.6 Å². The van der Waals surface area contributed by atoms with E-state index in [2.05, 4.69) is 10.2 Å². The van der Waals surface area contributed by atoms with Gasteiger partial charge in [0, 0.05) is 17.2 Å². The van der Waals surface area contributed by atoms with Crippen molar-refractivity contribution in [1.82, 2.24) is 10.2 Å². The van der Waals surface area contributed by atoms with Crippen molar-refractivity contribution in [1.29, 1.82) is 0 Å². The maximum atomic E-state index is 10.9. The molecule has 6 nitrogen and oxygen atoms in total. The lowest BCUT2D eigenvalue weighted by Gasteiger charge is -2.01. The van der Waals surface area contributed by atoms with Crippen LogP contribution in [0.25, 0.3) is 11.3 Å². The zero-order valence-electron chi connectivity index (χ0n) is 8.38. The second-order valence-electron chi connectivity index (χ2n) is 3.23. The van der Waals surface area contributed by atoms with Gasteiger partial charge in [0.25, 0.3) is 11.2 Å². The van der Waals surface area contributed by atoms with Crippen molar-refractivity contribution in [3.8, 4) is 11.3 Å². The number of hydrogen-bond acceptors (Lipinski definition) is 4. The molecule has 0 atom stereocenters. The summed E-state index contributed by atoms with van der Waals surface area (Å²) in [5.41, 5.74) is 0.0889. The molecule has 0 fully saturated rings. The zero-order valence-corrected chi connectivity index (χ0v) is 9.14. The van der Waals surface area contributed by atoms with E-state index in [1.54, 1.807) is 0 Å². The Bertz CT molecular complexity index is 618.